The predicted octanol–water partition coefficient (Wildman–Crippen LogP) is 1.83. The van der Waals surface area contributed by atoms with Crippen molar-refractivity contribution in [3.8, 4) is 11.5 Å². The normalized spacial score (nSPS) is 12.2. The first-order chi connectivity index (χ1) is 8.26. The number of rotatable bonds is 8. The molecular formula is C13H21NO3. The predicted molar refractivity (Wildman–Crippen MR) is 67.6 cm³/mol. The van der Waals surface area contributed by atoms with Gasteiger partial charge >= 0.3 is 0 Å². The summed E-state index contributed by atoms with van der Waals surface area (Å²) in [7, 11) is 1.64. The van der Waals surface area contributed by atoms with Gasteiger partial charge in [-0.15, -0.1) is 0 Å². The van der Waals surface area contributed by atoms with Crippen molar-refractivity contribution in [2.45, 2.75) is 19.4 Å². The average Bonchev–Trinajstić information content (AvgIpc) is 2.38. The molecule has 0 saturated heterocycles. The molecule has 0 spiro atoms. The van der Waals surface area contributed by atoms with Crippen LogP contribution >= 0.6 is 0 Å². The van der Waals surface area contributed by atoms with Crippen LogP contribution in [0.2, 0.25) is 0 Å². The molecule has 0 bridgehead atoms. The van der Waals surface area contributed by atoms with Gasteiger partial charge in [0, 0.05) is 13.0 Å². The van der Waals surface area contributed by atoms with E-state index in [2.05, 4.69) is 0 Å². The van der Waals surface area contributed by atoms with Gasteiger partial charge in [0.2, 0.25) is 0 Å². The Kier molecular flexibility index (Phi) is 6.43. The summed E-state index contributed by atoms with van der Waals surface area (Å²) in [6.07, 6.45) is 0.979. The summed E-state index contributed by atoms with van der Waals surface area (Å²) in [5, 5.41) is 0. The van der Waals surface area contributed by atoms with E-state index < -0.39 is 0 Å². The monoisotopic (exact) mass is 239 g/mol. The molecule has 4 nitrogen and oxygen atoms in total. The molecule has 2 N–H and O–H groups in total. The molecule has 1 aromatic carbocycles. The number of nitrogens with two attached hydrogens (primary N) is 1. The van der Waals surface area contributed by atoms with Gasteiger partial charge in [0.15, 0.2) is 0 Å². The highest BCUT2D eigenvalue weighted by Crippen LogP contribution is 2.16. The van der Waals surface area contributed by atoms with Gasteiger partial charge in [-0.3, -0.25) is 0 Å². The van der Waals surface area contributed by atoms with Crippen molar-refractivity contribution >= 4 is 0 Å². The van der Waals surface area contributed by atoms with Gasteiger partial charge in [-0.2, -0.15) is 0 Å². The van der Waals surface area contributed by atoms with Gasteiger partial charge in [0.25, 0.3) is 0 Å². The minimum Gasteiger partial charge on any atom is -0.497 e. The van der Waals surface area contributed by atoms with Crippen LogP contribution in [0, 0.1) is 0 Å². The van der Waals surface area contributed by atoms with Crippen molar-refractivity contribution in [2.24, 2.45) is 5.73 Å². The van der Waals surface area contributed by atoms with Crippen molar-refractivity contribution in [1.82, 2.24) is 0 Å². The van der Waals surface area contributed by atoms with E-state index in [0.717, 1.165) is 17.9 Å². The summed E-state index contributed by atoms with van der Waals surface area (Å²) in [5.74, 6) is 1.68. The van der Waals surface area contributed by atoms with Gasteiger partial charge in [-0.1, -0.05) is 0 Å². The summed E-state index contributed by atoms with van der Waals surface area (Å²) in [6.45, 7) is 3.84. The first-order valence-corrected chi connectivity index (χ1v) is 5.84. The van der Waals surface area contributed by atoms with Crippen LogP contribution in [-0.2, 0) is 4.74 Å². The Labute approximate surface area is 103 Å². The molecule has 0 fully saturated rings. The maximum atomic E-state index is 5.55. The Morgan fingerprint density at radius 2 is 1.76 bits per heavy atom. The highest BCUT2D eigenvalue weighted by molar-refractivity contribution is 5.31. The van der Waals surface area contributed by atoms with Crippen LogP contribution in [0.3, 0.4) is 0 Å². The topological polar surface area (TPSA) is 53.7 Å². The number of benzene rings is 1. The fourth-order valence-corrected chi connectivity index (χ4v) is 1.27. The van der Waals surface area contributed by atoms with E-state index in [0.29, 0.717) is 19.8 Å². The first kappa shape index (κ1) is 13.8. The molecule has 0 aliphatic heterocycles. The fourth-order valence-electron chi connectivity index (χ4n) is 1.27. The Hall–Kier alpha value is -1.26. The van der Waals surface area contributed by atoms with Crippen LogP contribution in [0.4, 0.5) is 0 Å². The van der Waals surface area contributed by atoms with Crippen LogP contribution in [0.25, 0.3) is 0 Å². The lowest BCUT2D eigenvalue weighted by Crippen LogP contribution is -2.21. The molecule has 4 heteroatoms. The molecule has 1 rings (SSSR count). The standard InChI is InChI=1S/C13H21NO3/c1-11(10-14)16-8-3-9-17-13-6-4-12(15-2)5-7-13/h4-7,11H,3,8-10,14H2,1-2H3. The molecular weight excluding hydrogens is 218 g/mol. The van der Waals surface area contributed by atoms with Crippen molar-refractivity contribution < 1.29 is 14.2 Å². The van der Waals surface area contributed by atoms with E-state index in [4.69, 9.17) is 19.9 Å². The van der Waals surface area contributed by atoms with Gasteiger partial charge in [0.05, 0.1) is 26.4 Å². The Bertz CT molecular complexity index is 300. The lowest BCUT2D eigenvalue weighted by Gasteiger charge is -2.11. The zero-order chi connectivity index (χ0) is 12.5. The lowest BCUT2D eigenvalue weighted by molar-refractivity contribution is 0.0631. The molecule has 0 aliphatic carbocycles. The van der Waals surface area contributed by atoms with Crippen LogP contribution in [0.5, 0.6) is 11.5 Å². The second-order valence-electron chi connectivity index (χ2n) is 3.79. The molecule has 1 aromatic rings. The van der Waals surface area contributed by atoms with Gasteiger partial charge in [-0.05, 0) is 31.2 Å². The Morgan fingerprint density at radius 3 is 2.35 bits per heavy atom. The molecule has 0 saturated carbocycles. The molecule has 0 heterocycles. The Balaban J connectivity index is 2.13. The summed E-state index contributed by atoms with van der Waals surface area (Å²) < 4.78 is 16.1. The summed E-state index contributed by atoms with van der Waals surface area (Å²) >= 11 is 0. The zero-order valence-electron chi connectivity index (χ0n) is 10.5. The van der Waals surface area contributed by atoms with Crippen molar-refractivity contribution in [2.75, 3.05) is 26.9 Å². The smallest absolute Gasteiger partial charge is 0.119 e. The minimum absolute atomic E-state index is 0.121. The van der Waals surface area contributed by atoms with E-state index in [9.17, 15) is 0 Å². The van der Waals surface area contributed by atoms with Crippen molar-refractivity contribution in [3.63, 3.8) is 0 Å². The number of ether oxygens (including phenoxy) is 3. The summed E-state index contributed by atoms with van der Waals surface area (Å²) in [4.78, 5) is 0. The van der Waals surface area contributed by atoms with Crippen LogP contribution in [-0.4, -0.2) is 33.0 Å². The van der Waals surface area contributed by atoms with Crippen molar-refractivity contribution in [1.29, 1.82) is 0 Å². The number of hydrogen-bond acceptors (Lipinski definition) is 4. The second kappa shape index (κ2) is 7.92. The van der Waals surface area contributed by atoms with E-state index in [1.54, 1.807) is 7.11 Å². The van der Waals surface area contributed by atoms with Gasteiger partial charge in [-0.25, -0.2) is 0 Å². The van der Waals surface area contributed by atoms with Crippen molar-refractivity contribution in [3.05, 3.63) is 24.3 Å². The van der Waals surface area contributed by atoms with Crippen LogP contribution < -0.4 is 15.2 Å². The average molecular weight is 239 g/mol. The maximum absolute atomic E-state index is 5.55. The van der Waals surface area contributed by atoms with Crippen LogP contribution in [0.15, 0.2) is 24.3 Å². The molecule has 96 valence electrons. The molecule has 0 aromatic heterocycles. The molecule has 0 aliphatic rings. The summed E-state index contributed by atoms with van der Waals surface area (Å²) in [5.41, 5.74) is 5.44. The quantitative estimate of drug-likeness (QED) is 0.703. The third kappa shape index (κ3) is 5.56. The third-order valence-corrected chi connectivity index (χ3v) is 2.35. The van der Waals surface area contributed by atoms with Gasteiger partial charge in [0.1, 0.15) is 11.5 Å². The molecule has 1 unspecified atom stereocenters. The molecule has 0 amide bonds. The Morgan fingerprint density at radius 1 is 1.12 bits per heavy atom. The molecule has 0 radical (unpaired) electrons. The van der Waals surface area contributed by atoms with E-state index in [-0.39, 0.29) is 6.10 Å². The SMILES string of the molecule is COc1ccc(OCCCOC(C)CN)cc1. The largest absolute Gasteiger partial charge is 0.497 e. The van der Waals surface area contributed by atoms with E-state index in [1.807, 2.05) is 31.2 Å². The number of methoxy groups -OCH3 is 1. The second-order valence-corrected chi connectivity index (χ2v) is 3.79. The number of hydrogen-bond donors (Lipinski definition) is 1. The fraction of sp³-hybridized carbons (Fsp3) is 0.538. The van der Waals surface area contributed by atoms with Gasteiger partial charge < -0.3 is 19.9 Å². The maximum Gasteiger partial charge on any atom is 0.119 e. The highest BCUT2D eigenvalue weighted by atomic mass is 16.5. The van der Waals surface area contributed by atoms with E-state index >= 15 is 0 Å². The molecule has 1 atom stereocenters. The minimum atomic E-state index is 0.121. The highest BCUT2D eigenvalue weighted by Gasteiger charge is 1.98. The third-order valence-electron chi connectivity index (χ3n) is 2.35. The zero-order valence-corrected chi connectivity index (χ0v) is 10.5. The first-order valence-electron chi connectivity index (χ1n) is 5.84. The molecule has 17 heavy (non-hydrogen) atoms. The summed E-state index contributed by atoms with van der Waals surface area (Å²) in [6, 6.07) is 7.54. The van der Waals surface area contributed by atoms with E-state index in [1.165, 1.54) is 0 Å². The van der Waals surface area contributed by atoms with Crippen LogP contribution in [0.1, 0.15) is 13.3 Å². The lowest BCUT2D eigenvalue weighted by atomic mass is 10.3.